The number of nitrogens with two attached hydrogens (primary N) is 1. The van der Waals surface area contributed by atoms with Crippen LogP contribution in [0.2, 0.25) is 0 Å². The number of amides is 1. The van der Waals surface area contributed by atoms with Crippen molar-refractivity contribution >= 4 is 34.9 Å². The molecule has 2 aromatic rings. The minimum Gasteiger partial charge on any atom is -0.508 e. The highest BCUT2D eigenvalue weighted by atomic mass is 16.5. The SMILES string of the molecule is COC(=O)c1ccc(CNCc2cc(N(C)C)c3c(c2O)C(O)=C2C(=O)[C@]4(O)C(O)=C(C(N)=O)C(=O)C(N(C)C)[C@@H]4C[C@@H]2C3)cc1. The normalized spacial score (nSPS) is 24.0. The number of fused-ring (bicyclic) bond motifs is 3. The van der Waals surface area contributed by atoms with Gasteiger partial charge in [0.1, 0.15) is 22.8 Å². The molecule has 0 saturated heterocycles. The number of nitrogens with zero attached hydrogens (tertiary/aromatic N) is 2. The molecule has 1 saturated carbocycles. The zero-order chi connectivity index (χ0) is 33.8. The number of rotatable bonds is 8. The molecule has 5 rings (SSSR count). The first kappa shape index (κ1) is 32.7. The lowest BCUT2D eigenvalue weighted by atomic mass is 9.57. The molecule has 2 aromatic carbocycles. The standard InChI is InChI=1S/C33H38N4O9/c1-36(2)21-12-18(14-35-13-15-6-8-16(9-7-15)32(44)46-5)26(38)23-19(21)10-17-11-20-25(37(3)4)28(40)24(31(34)43)30(42)33(20,45)29(41)22(17)27(23)39/h6-9,12,17,20,25,35,38-39,42,45H,10-11,13-14H2,1-5H3,(H2,34,43)/t17-,20-,25?,33-/m0/s1. The van der Waals surface area contributed by atoms with Crippen molar-refractivity contribution in [3.05, 3.63) is 75.1 Å². The summed E-state index contributed by atoms with van der Waals surface area (Å²) >= 11 is 0. The Morgan fingerprint density at radius 3 is 2.28 bits per heavy atom. The summed E-state index contributed by atoms with van der Waals surface area (Å²) in [7, 11) is 8.04. The Bertz CT molecular complexity index is 1710. The molecule has 13 nitrogen and oxygen atoms in total. The fourth-order valence-electron chi connectivity index (χ4n) is 7.10. The lowest BCUT2D eigenvalue weighted by molar-refractivity contribution is -0.153. The number of aliphatic hydroxyl groups is 3. The topological polar surface area (TPSA) is 203 Å². The Morgan fingerprint density at radius 2 is 1.72 bits per heavy atom. The number of esters is 1. The van der Waals surface area contributed by atoms with Crippen LogP contribution >= 0.6 is 0 Å². The van der Waals surface area contributed by atoms with Gasteiger partial charge in [0.25, 0.3) is 5.91 Å². The average molecular weight is 635 g/mol. The van der Waals surface area contributed by atoms with E-state index in [0.29, 0.717) is 28.9 Å². The molecule has 0 spiro atoms. The van der Waals surface area contributed by atoms with Crippen molar-refractivity contribution in [2.24, 2.45) is 17.6 Å². The molecular weight excluding hydrogens is 596 g/mol. The molecule has 0 radical (unpaired) electrons. The number of nitrogens with one attached hydrogen (secondary N) is 1. The highest BCUT2D eigenvalue weighted by Gasteiger charge is 2.64. The zero-order valence-electron chi connectivity index (χ0n) is 26.2. The van der Waals surface area contributed by atoms with Crippen molar-refractivity contribution < 1.29 is 44.3 Å². The van der Waals surface area contributed by atoms with Crippen LogP contribution in [-0.4, -0.2) is 95.7 Å². The van der Waals surface area contributed by atoms with Crippen LogP contribution < -0.4 is 16.0 Å². The summed E-state index contributed by atoms with van der Waals surface area (Å²) in [6.45, 7) is 0.555. The Labute approximate surface area is 265 Å². The number of hydrogen-bond donors (Lipinski definition) is 6. The van der Waals surface area contributed by atoms with Crippen LogP contribution in [0, 0.1) is 11.8 Å². The van der Waals surface area contributed by atoms with E-state index in [1.54, 1.807) is 44.4 Å². The number of carbonyl (C=O) groups is 4. The lowest BCUT2D eigenvalue weighted by Gasteiger charge is -2.50. The number of benzene rings is 2. The third-order valence-corrected chi connectivity index (χ3v) is 9.28. The minimum absolute atomic E-state index is 0.0114. The number of likely N-dealkylation sites (N-methyl/N-ethyl adjacent to an activating group) is 1. The molecule has 0 bridgehead atoms. The Kier molecular flexibility index (Phi) is 8.45. The van der Waals surface area contributed by atoms with Gasteiger partial charge in [-0.05, 0) is 62.2 Å². The van der Waals surface area contributed by atoms with Gasteiger partial charge >= 0.3 is 5.97 Å². The van der Waals surface area contributed by atoms with Gasteiger partial charge in [0.05, 0.1) is 24.3 Å². The maximum absolute atomic E-state index is 14.1. The van der Waals surface area contributed by atoms with E-state index in [4.69, 9.17) is 10.5 Å². The number of phenolic OH excluding ortho intramolecular Hbond substituents is 1. The van der Waals surface area contributed by atoms with Gasteiger partial charge in [0, 0.05) is 49.9 Å². The molecule has 1 unspecified atom stereocenters. The summed E-state index contributed by atoms with van der Waals surface area (Å²) in [5, 5.41) is 49.3. The molecule has 1 amide bonds. The first-order chi connectivity index (χ1) is 21.6. The molecule has 1 fully saturated rings. The number of ketones is 2. The van der Waals surface area contributed by atoms with Crippen LogP contribution in [0.1, 0.15) is 39.0 Å². The van der Waals surface area contributed by atoms with Gasteiger partial charge in [-0.3, -0.25) is 19.3 Å². The second kappa shape index (κ2) is 11.9. The number of Topliss-reactive ketones (excluding diaryl/α,β-unsaturated/α-hetero) is 2. The number of primary amides is 1. The van der Waals surface area contributed by atoms with E-state index >= 15 is 0 Å². The van der Waals surface area contributed by atoms with Crippen molar-refractivity contribution in [2.75, 3.05) is 40.2 Å². The summed E-state index contributed by atoms with van der Waals surface area (Å²) < 4.78 is 4.73. The van der Waals surface area contributed by atoms with E-state index in [1.165, 1.54) is 12.0 Å². The summed E-state index contributed by atoms with van der Waals surface area (Å²) in [4.78, 5) is 54.7. The third kappa shape index (κ3) is 5.00. The number of ether oxygens (including phenoxy) is 1. The predicted molar refractivity (Wildman–Crippen MR) is 167 cm³/mol. The number of aliphatic hydroxyl groups excluding tert-OH is 2. The largest absolute Gasteiger partial charge is 0.508 e. The van der Waals surface area contributed by atoms with Crippen LogP contribution in [0.5, 0.6) is 5.75 Å². The van der Waals surface area contributed by atoms with Crippen LogP contribution in [0.4, 0.5) is 5.69 Å². The molecule has 3 aliphatic carbocycles. The maximum Gasteiger partial charge on any atom is 0.337 e. The monoisotopic (exact) mass is 634 g/mol. The van der Waals surface area contributed by atoms with Gasteiger partial charge < -0.3 is 41.1 Å². The molecule has 13 heteroatoms. The van der Waals surface area contributed by atoms with E-state index in [2.05, 4.69) is 5.32 Å². The first-order valence-corrected chi connectivity index (χ1v) is 14.7. The Balaban J connectivity index is 1.55. The molecule has 0 heterocycles. The molecule has 244 valence electrons. The van der Waals surface area contributed by atoms with Crippen LogP contribution in [0.25, 0.3) is 5.76 Å². The van der Waals surface area contributed by atoms with Crippen LogP contribution in [0.3, 0.4) is 0 Å². The minimum atomic E-state index is -2.70. The summed E-state index contributed by atoms with van der Waals surface area (Å²) in [5.41, 5.74) is 4.64. The summed E-state index contributed by atoms with van der Waals surface area (Å²) in [6.07, 6.45) is 0.202. The Morgan fingerprint density at radius 1 is 1.07 bits per heavy atom. The quantitative estimate of drug-likeness (QED) is 0.179. The second-order valence-corrected chi connectivity index (χ2v) is 12.4. The van der Waals surface area contributed by atoms with E-state index < -0.39 is 64.0 Å². The molecule has 3 aliphatic rings. The van der Waals surface area contributed by atoms with Crippen LogP contribution in [-0.2, 0) is 38.6 Å². The molecule has 7 N–H and O–H groups in total. The van der Waals surface area contributed by atoms with Crippen molar-refractivity contribution in [3.8, 4) is 5.75 Å². The number of hydrogen-bond acceptors (Lipinski definition) is 12. The van der Waals surface area contributed by atoms with Gasteiger partial charge in [-0.25, -0.2) is 4.79 Å². The molecule has 4 atom stereocenters. The fraction of sp³-hybridized carbons (Fsp3) is 0.394. The number of phenols is 1. The van der Waals surface area contributed by atoms with Crippen molar-refractivity contribution in [3.63, 3.8) is 0 Å². The molecular formula is C33H38N4O9. The zero-order valence-corrected chi connectivity index (χ0v) is 26.2. The average Bonchev–Trinajstić information content (AvgIpc) is 2.99. The Hall–Kier alpha value is -4.72. The fourth-order valence-corrected chi connectivity index (χ4v) is 7.10. The van der Waals surface area contributed by atoms with Crippen molar-refractivity contribution in [1.82, 2.24) is 10.2 Å². The molecule has 46 heavy (non-hydrogen) atoms. The van der Waals surface area contributed by atoms with E-state index in [-0.39, 0.29) is 36.3 Å². The van der Waals surface area contributed by atoms with Crippen molar-refractivity contribution in [1.29, 1.82) is 0 Å². The van der Waals surface area contributed by atoms with E-state index in [1.807, 2.05) is 19.0 Å². The van der Waals surface area contributed by atoms with Gasteiger partial charge in [0.2, 0.25) is 5.78 Å². The number of aromatic hydroxyl groups is 1. The number of methoxy groups -OCH3 is 1. The number of carbonyl (C=O) groups excluding carboxylic acids is 4. The van der Waals surface area contributed by atoms with Gasteiger partial charge in [-0.1, -0.05) is 12.1 Å². The van der Waals surface area contributed by atoms with Crippen molar-refractivity contribution in [2.45, 2.75) is 37.6 Å². The highest BCUT2D eigenvalue weighted by molar-refractivity contribution is 6.24. The van der Waals surface area contributed by atoms with Gasteiger partial charge in [-0.2, -0.15) is 0 Å². The van der Waals surface area contributed by atoms with E-state index in [0.717, 1.165) is 5.56 Å². The smallest absolute Gasteiger partial charge is 0.337 e. The molecule has 0 aromatic heterocycles. The first-order valence-electron chi connectivity index (χ1n) is 14.7. The van der Waals surface area contributed by atoms with E-state index in [9.17, 15) is 39.6 Å². The predicted octanol–water partition coefficient (Wildman–Crippen LogP) is 1.11. The lowest BCUT2D eigenvalue weighted by Crippen LogP contribution is -2.65. The number of anilines is 1. The van der Waals surface area contributed by atoms with Gasteiger partial charge in [0.15, 0.2) is 11.4 Å². The molecule has 0 aliphatic heterocycles. The maximum atomic E-state index is 14.1. The third-order valence-electron chi connectivity index (χ3n) is 9.28. The summed E-state index contributed by atoms with van der Waals surface area (Å²) in [6, 6.07) is 7.48. The highest BCUT2D eigenvalue weighted by Crippen LogP contribution is 2.54. The second-order valence-electron chi connectivity index (χ2n) is 12.4. The van der Waals surface area contributed by atoms with Crippen LogP contribution in [0.15, 0.2) is 47.2 Å². The van der Waals surface area contributed by atoms with Gasteiger partial charge in [-0.15, -0.1) is 0 Å². The summed E-state index contributed by atoms with van der Waals surface area (Å²) in [5.74, 6) is -7.33.